The maximum Gasteiger partial charge on any atom is -0.0354 e. The van der Waals surface area contributed by atoms with Crippen LogP contribution in [0.3, 0.4) is 0 Å². The summed E-state index contributed by atoms with van der Waals surface area (Å²) >= 11 is 0. The highest BCUT2D eigenvalue weighted by Crippen LogP contribution is 2.27. The summed E-state index contributed by atoms with van der Waals surface area (Å²) in [6.07, 6.45) is 6.48. The van der Waals surface area contributed by atoms with E-state index in [1.165, 1.54) is 25.7 Å². The summed E-state index contributed by atoms with van der Waals surface area (Å²) in [6.45, 7) is 13.2. The fourth-order valence-corrected chi connectivity index (χ4v) is 1.26. The Kier molecular flexibility index (Phi) is 5.61. The van der Waals surface area contributed by atoms with Crippen molar-refractivity contribution in [1.29, 1.82) is 0 Å². The van der Waals surface area contributed by atoms with E-state index in [2.05, 4.69) is 34.6 Å². The highest BCUT2D eigenvalue weighted by molar-refractivity contribution is 4.69. The van der Waals surface area contributed by atoms with Gasteiger partial charge in [-0.15, -0.1) is 0 Å². The summed E-state index contributed by atoms with van der Waals surface area (Å²) < 4.78 is 0. The smallest absolute Gasteiger partial charge is 0.0354 e. The van der Waals surface area contributed by atoms with E-state index in [9.17, 15) is 0 Å². The molecular formula is C12H25. The van der Waals surface area contributed by atoms with Crippen LogP contribution in [0, 0.1) is 18.3 Å². The zero-order valence-corrected chi connectivity index (χ0v) is 9.32. The first kappa shape index (κ1) is 12.0. The van der Waals surface area contributed by atoms with E-state index in [1.54, 1.807) is 0 Å². The van der Waals surface area contributed by atoms with Gasteiger partial charge in [0.2, 0.25) is 0 Å². The van der Waals surface area contributed by atoms with Crippen molar-refractivity contribution in [2.75, 3.05) is 0 Å². The molecule has 0 aromatic rings. The molecule has 1 unspecified atom stereocenters. The van der Waals surface area contributed by atoms with E-state index in [1.807, 2.05) is 0 Å². The van der Waals surface area contributed by atoms with Crippen molar-refractivity contribution < 1.29 is 0 Å². The van der Waals surface area contributed by atoms with Crippen molar-refractivity contribution >= 4 is 0 Å². The second-order valence-electron chi connectivity index (χ2n) is 4.82. The van der Waals surface area contributed by atoms with Gasteiger partial charge in [0.05, 0.1) is 0 Å². The Balaban J connectivity index is 3.42. The Morgan fingerprint density at radius 1 is 1.33 bits per heavy atom. The van der Waals surface area contributed by atoms with Crippen molar-refractivity contribution in [3.05, 3.63) is 6.92 Å². The lowest BCUT2D eigenvalue weighted by molar-refractivity contribution is 0.310. The van der Waals surface area contributed by atoms with Gasteiger partial charge < -0.3 is 0 Å². The molecule has 0 heteroatoms. The molecule has 0 aromatic heterocycles. The Bertz CT molecular complexity index is 103. The standard InChI is InChI=1S/C12H25/c1-6-11(3)9-8-10-12(4,5)7-2/h11H,2,6-10H2,1,3-5H3. The van der Waals surface area contributed by atoms with Crippen LogP contribution in [-0.4, -0.2) is 0 Å². The third-order valence-electron chi connectivity index (χ3n) is 2.92. The van der Waals surface area contributed by atoms with Gasteiger partial charge in [-0.2, -0.15) is 0 Å². The molecule has 0 N–H and O–H groups in total. The molecule has 73 valence electrons. The number of hydrogen-bond donors (Lipinski definition) is 0. The number of rotatable bonds is 6. The molecule has 0 rings (SSSR count). The molecule has 0 heterocycles. The molecule has 1 atom stereocenters. The Morgan fingerprint density at radius 2 is 1.92 bits per heavy atom. The highest BCUT2D eigenvalue weighted by Gasteiger charge is 2.14. The Morgan fingerprint density at radius 3 is 2.33 bits per heavy atom. The quantitative estimate of drug-likeness (QED) is 0.551. The average Bonchev–Trinajstić information content (AvgIpc) is 2.04. The Labute approximate surface area is 78.8 Å². The second kappa shape index (κ2) is 5.61. The van der Waals surface area contributed by atoms with Gasteiger partial charge in [-0.3, -0.25) is 0 Å². The molecule has 12 heavy (non-hydrogen) atoms. The Hall–Kier alpha value is 0. The normalized spacial score (nSPS) is 14.8. The summed E-state index contributed by atoms with van der Waals surface area (Å²) in [5.41, 5.74) is 0.466. The lowest BCUT2D eigenvalue weighted by atomic mass is 9.83. The minimum atomic E-state index is 0.466. The minimum Gasteiger partial charge on any atom is -0.0651 e. The molecular weight excluding hydrogens is 144 g/mol. The molecule has 0 spiro atoms. The van der Waals surface area contributed by atoms with E-state index in [-0.39, 0.29) is 0 Å². The molecule has 1 radical (unpaired) electrons. The van der Waals surface area contributed by atoms with Crippen LogP contribution in [-0.2, 0) is 0 Å². The molecule has 0 aliphatic rings. The van der Waals surface area contributed by atoms with Crippen molar-refractivity contribution in [2.45, 2.75) is 59.8 Å². The molecule has 0 saturated heterocycles. The molecule has 0 nitrogen and oxygen atoms in total. The van der Waals surface area contributed by atoms with Gasteiger partial charge in [0.25, 0.3) is 0 Å². The van der Waals surface area contributed by atoms with Crippen molar-refractivity contribution in [3.8, 4) is 0 Å². The number of hydrogen-bond acceptors (Lipinski definition) is 0. The predicted molar refractivity (Wildman–Crippen MR) is 57.1 cm³/mol. The molecule has 0 aliphatic carbocycles. The maximum absolute atomic E-state index is 3.98. The zero-order chi connectivity index (χ0) is 9.61. The zero-order valence-electron chi connectivity index (χ0n) is 9.32. The van der Waals surface area contributed by atoms with Gasteiger partial charge >= 0.3 is 0 Å². The lowest BCUT2D eigenvalue weighted by Crippen LogP contribution is -2.09. The third kappa shape index (κ3) is 5.62. The third-order valence-corrected chi connectivity index (χ3v) is 2.92. The molecule has 0 aliphatic heterocycles. The fourth-order valence-electron chi connectivity index (χ4n) is 1.26. The van der Waals surface area contributed by atoms with Crippen molar-refractivity contribution in [1.82, 2.24) is 0 Å². The van der Waals surface area contributed by atoms with Crippen molar-refractivity contribution in [3.63, 3.8) is 0 Å². The van der Waals surface area contributed by atoms with E-state index >= 15 is 0 Å². The van der Waals surface area contributed by atoms with E-state index < -0.39 is 0 Å². The predicted octanol–water partition coefficient (Wildman–Crippen LogP) is 4.45. The fraction of sp³-hybridized carbons (Fsp3) is 0.917. The first-order chi connectivity index (χ1) is 5.52. The van der Waals surface area contributed by atoms with E-state index in [0.29, 0.717) is 5.41 Å². The average molecular weight is 169 g/mol. The SMILES string of the molecule is [CH2]CC(C)(C)CCCC(C)CC. The maximum atomic E-state index is 3.98. The van der Waals surface area contributed by atoms with Crippen LogP contribution in [0.4, 0.5) is 0 Å². The van der Waals surface area contributed by atoms with Crippen LogP contribution >= 0.6 is 0 Å². The van der Waals surface area contributed by atoms with Gasteiger partial charge in [-0.05, 0) is 24.2 Å². The van der Waals surface area contributed by atoms with Gasteiger partial charge in [0.1, 0.15) is 0 Å². The summed E-state index contributed by atoms with van der Waals surface area (Å²) in [5.74, 6) is 0.908. The van der Waals surface area contributed by atoms with Crippen LogP contribution < -0.4 is 0 Å². The first-order valence-electron chi connectivity index (χ1n) is 5.31. The summed E-state index contributed by atoms with van der Waals surface area (Å²) in [7, 11) is 0. The van der Waals surface area contributed by atoms with E-state index in [0.717, 1.165) is 12.3 Å². The van der Waals surface area contributed by atoms with Crippen LogP contribution in [0.5, 0.6) is 0 Å². The second-order valence-corrected chi connectivity index (χ2v) is 4.82. The van der Waals surface area contributed by atoms with Gasteiger partial charge in [-0.25, -0.2) is 0 Å². The van der Waals surface area contributed by atoms with Crippen LogP contribution in [0.2, 0.25) is 0 Å². The largest absolute Gasteiger partial charge is 0.0651 e. The minimum absolute atomic E-state index is 0.466. The molecule has 0 aromatic carbocycles. The monoisotopic (exact) mass is 169 g/mol. The van der Waals surface area contributed by atoms with Crippen molar-refractivity contribution in [2.24, 2.45) is 11.3 Å². The first-order valence-corrected chi connectivity index (χ1v) is 5.31. The van der Waals surface area contributed by atoms with Gasteiger partial charge in [0, 0.05) is 0 Å². The molecule has 0 saturated carbocycles. The topological polar surface area (TPSA) is 0 Å². The molecule has 0 amide bonds. The van der Waals surface area contributed by atoms with Crippen LogP contribution in [0.1, 0.15) is 59.8 Å². The molecule has 0 bridgehead atoms. The van der Waals surface area contributed by atoms with E-state index in [4.69, 9.17) is 0 Å². The summed E-state index contributed by atoms with van der Waals surface area (Å²) in [4.78, 5) is 0. The van der Waals surface area contributed by atoms with Crippen LogP contribution in [0.25, 0.3) is 0 Å². The highest BCUT2D eigenvalue weighted by atomic mass is 14.2. The molecule has 0 fully saturated rings. The lowest BCUT2D eigenvalue weighted by Gasteiger charge is -2.22. The van der Waals surface area contributed by atoms with Crippen LogP contribution in [0.15, 0.2) is 0 Å². The summed E-state index contributed by atoms with van der Waals surface area (Å²) in [5, 5.41) is 0. The summed E-state index contributed by atoms with van der Waals surface area (Å²) in [6, 6.07) is 0. The van der Waals surface area contributed by atoms with Gasteiger partial charge in [0.15, 0.2) is 0 Å². The van der Waals surface area contributed by atoms with Gasteiger partial charge in [-0.1, -0.05) is 53.9 Å².